The summed E-state index contributed by atoms with van der Waals surface area (Å²) in [7, 11) is 0. The fraction of sp³-hybridized carbons (Fsp3) is 0.0667. The van der Waals surface area contributed by atoms with E-state index in [1.54, 1.807) is 12.1 Å². The number of non-ortho nitro benzene ring substituents is 1. The van der Waals surface area contributed by atoms with Crippen molar-refractivity contribution in [2.45, 2.75) is 9.96 Å². The molecule has 2 aromatic heterocycles. The van der Waals surface area contributed by atoms with E-state index in [1.807, 2.05) is 0 Å². The third-order valence-corrected chi connectivity index (χ3v) is 5.94. The van der Waals surface area contributed by atoms with Gasteiger partial charge in [-0.25, -0.2) is 0 Å². The van der Waals surface area contributed by atoms with Gasteiger partial charge in [0.2, 0.25) is 0 Å². The van der Waals surface area contributed by atoms with Crippen molar-refractivity contribution in [3.8, 4) is 5.75 Å². The van der Waals surface area contributed by atoms with Crippen molar-refractivity contribution < 1.29 is 14.8 Å². The van der Waals surface area contributed by atoms with E-state index >= 15 is 0 Å². The third kappa shape index (κ3) is 3.35. The van der Waals surface area contributed by atoms with Crippen LogP contribution >= 0.6 is 23.1 Å². The quantitative estimate of drug-likeness (QED) is 0.355. The fourth-order valence-corrected chi connectivity index (χ4v) is 4.66. The predicted molar refractivity (Wildman–Crippen MR) is 95.3 cm³/mol. The topological polar surface area (TPSA) is 139 Å². The van der Waals surface area contributed by atoms with Crippen molar-refractivity contribution >= 4 is 44.9 Å². The molecule has 3 rings (SSSR count). The Labute approximate surface area is 148 Å². The Morgan fingerprint density at radius 1 is 1.36 bits per heavy atom. The van der Waals surface area contributed by atoms with Crippen LogP contribution in [0.3, 0.4) is 0 Å². The summed E-state index contributed by atoms with van der Waals surface area (Å²) in [6, 6.07) is 7.09. The average molecular weight is 377 g/mol. The SMILES string of the molecule is NC(=O)c1c(SCc2ccc([N+](=O)[O-])cc2)sc2c(O)cc(=O)[nH]c12. The van der Waals surface area contributed by atoms with Crippen LogP contribution in [0, 0.1) is 10.1 Å². The van der Waals surface area contributed by atoms with Gasteiger partial charge < -0.3 is 15.8 Å². The summed E-state index contributed by atoms with van der Waals surface area (Å²) in [5, 5.41) is 20.6. The molecule has 25 heavy (non-hydrogen) atoms. The van der Waals surface area contributed by atoms with Gasteiger partial charge >= 0.3 is 0 Å². The maximum atomic E-state index is 11.8. The van der Waals surface area contributed by atoms with E-state index in [0.717, 1.165) is 23.0 Å². The number of nitrogens with zero attached hydrogens (tertiary/aromatic N) is 1. The molecule has 3 aromatic rings. The van der Waals surface area contributed by atoms with Crippen LogP contribution in [0.2, 0.25) is 0 Å². The Morgan fingerprint density at radius 3 is 2.64 bits per heavy atom. The highest BCUT2D eigenvalue weighted by atomic mass is 32.2. The normalized spacial score (nSPS) is 10.9. The summed E-state index contributed by atoms with van der Waals surface area (Å²) in [4.78, 5) is 36.0. The zero-order valence-corrected chi connectivity index (χ0v) is 14.1. The van der Waals surface area contributed by atoms with Crippen LogP contribution in [0.1, 0.15) is 15.9 Å². The number of aromatic amines is 1. The summed E-state index contributed by atoms with van der Waals surface area (Å²) in [5.41, 5.74) is 6.08. The molecule has 0 saturated carbocycles. The lowest BCUT2D eigenvalue weighted by atomic mass is 10.2. The highest BCUT2D eigenvalue weighted by molar-refractivity contribution is 8.00. The molecular weight excluding hydrogens is 366 g/mol. The number of carbonyl (C=O) groups excluding carboxylic acids is 1. The standard InChI is InChI=1S/C15H11N3O5S2/c16-14(21)11-12-13(9(19)5-10(20)17-12)25-15(11)24-6-7-1-3-8(4-2-7)18(22)23/h1-5H,6H2,(H2,16,21)(H2,17,19,20). The van der Waals surface area contributed by atoms with E-state index in [0.29, 0.717) is 14.7 Å². The van der Waals surface area contributed by atoms with Gasteiger partial charge in [0.05, 0.1) is 24.9 Å². The molecule has 0 bridgehead atoms. The zero-order valence-electron chi connectivity index (χ0n) is 12.5. The number of hydrogen-bond donors (Lipinski definition) is 3. The minimum Gasteiger partial charge on any atom is -0.506 e. The van der Waals surface area contributed by atoms with Crippen LogP contribution in [-0.2, 0) is 5.75 Å². The first-order valence-corrected chi connectivity index (χ1v) is 8.71. The van der Waals surface area contributed by atoms with Crippen molar-refractivity contribution in [3.63, 3.8) is 0 Å². The maximum Gasteiger partial charge on any atom is 0.269 e. The Balaban J connectivity index is 1.94. The Kier molecular flexibility index (Phi) is 4.47. The predicted octanol–water partition coefficient (Wildman–Crippen LogP) is 2.59. The maximum absolute atomic E-state index is 11.8. The number of nitro groups is 1. The van der Waals surface area contributed by atoms with Gasteiger partial charge in [0, 0.05) is 24.0 Å². The summed E-state index contributed by atoms with van der Waals surface area (Å²) < 4.78 is 0.928. The molecule has 4 N–H and O–H groups in total. The van der Waals surface area contributed by atoms with Gasteiger partial charge in [0.15, 0.2) is 0 Å². The second-order valence-corrected chi connectivity index (χ2v) is 7.33. The van der Waals surface area contributed by atoms with E-state index in [2.05, 4.69) is 4.98 Å². The van der Waals surface area contributed by atoms with E-state index in [-0.39, 0.29) is 22.5 Å². The molecule has 10 heteroatoms. The summed E-state index contributed by atoms with van der Waals surface area (Å²) >= 11 is 2.45. The summed E-state index contributed by atoms with van der Waals surface area (Å²) in [5.74, 6) is -0.483. The number of thioether (sulfide) groups is 1. The molecule has 0 aliphatic carbocycles. The first kappa shape index (κ1) is 17.0. The lowest BCUT2D eigenvalue weighted by Crippen LogP contribution is -2.13. The van der Waals surface area contributed by atoms with Crippen LogP contribution in [0.15, 0.2) is 39.3 Å². The highest BCUT2D eigenvalue weighted by Gasteiger charge is 2.20. The highest BCUT2D eigenvalue weighted by Crippen LogP contribution is 2.41. The molecule has 0 fully saturated rings. The van der Waals surface area contributed by atoms with Crippen LogP contribution < -0.4 is 11.3 Å². The molecule has 0 aliphatic rings. The number of fused-ring (bicyclic) bond motifs is 1. The fourth-order valence-electron chi connectivity index (χ4n) is 2.25. The number of hydrogen-bond acceptors (Lipinski definition) is 7. The van der Waals surface area contributed by atoms with Crippen molar-refractivity contribution in [2.75, 3.05) is 0 Å². The molecule has 0 saturated heterocycles. The second-order valence-electron chi connectivity index (χ2n) is 5.06. The van der Waals surface area contributed by atoms with Gasteiger partial charge in [-0.2, -0.15) is 0 Å². The first-order valence-electron chi connectivity index (χ1n) is 6.91. The average Bonchev–Trinajstić information content (AvgIpc) is 2.92. The van der Waals surface area contributed by atoms with Crippen LogP contribution in [0.4, 0.5) is 5.69 Å². The van der Waals surface area contributed by atoms with Crippen molar-refractivity contribution in [1.29, 1.82) is 0 Å². The molecule has 1 amide bonds. The molecule has 0 aliphatic heterocycles. The largest absolute Gasteiger partial charge is 0.506 e. The van der Waals surface area contributed by atoms with Crippen LogP contribution in [0.25, 0.3) is 10.2 Å². The Morgan fingerprint density at radius 2 is 2.04 bits per heavy atom. The van der Waals surface area contributed by atoms with Gasteiger partial charge in [-0.05, 0) is 5.56 Å². The second kappa shape index (κ2) is 6.57. The van der Waals surface area contributed by atoms with Gasteiger partial charge in [-0.15, -0.1) is 23.1 Å². The van der Waals surface area contributed by atoms with E-state index in [1.165, 1.54) is 23.9 Å². The lowest BCUT2D eigenvalue weighted by molar-refractivity contribution is -0.384. The van der Waals surface area contributed by atoms with Crippen molar-refractivity contribution in [2.24, 2.45) is 5.73 Å². The van der Waals surface area contributed by atoms with Crippen molar-refractivity contribution in [1.82, 2.24) is 4.98 Å². The van der Waals surface area contributed by atoms with Crippen LogP contribution in [-0.4, -0.2) is 20.9 Å². The molecular formula is C15H11N3O5S2. The number of rotatable bonds is 5. The van der Waals surface area contributed by atoms with E-state index in [4.69, 9.17) is 5.73 Å². The van der Waals surface area contributed by atoms with E-state index in [9.17, 15) is 24.8 Å². The Hall–Kier alpha value is -2.85. The number of nitrogens with one attached hydrogen (secondary N) is 1. The molecule has 128 valence electrons. The number of carbonyl (C=O) groups is 1. The zero-order chi connectivity index (χ0) is 18.1. The van der Waals surface area contributed by atoms with Crippen molar-refractivity contribution in [3.05, 3.63) is 61.9 Å². The number of H-pyrrole nitrogens is 1. The number of thiophene rings is 1. The van der Waals surface area contributed by atoms with Gasteiger partial charge in [0.1, 0.15) is 5.75 Å². The summed E-state index contributed by atoms with van der Waals surface area (Å²) in [6.07, 6.45) is 0. The molecule has 0 unspecified atom stereocenters. The number of aromatic hydroxyl groups is 1. The number of nitro benzene ring substituents is 1. The molecule has 0 atom stereocenters. The number of nitrogens with two attached hydrogens (primary N) is 1. The first-order chi connectivity index (χ1) is 11.9. The molecule has 0 radical (unpaired) electrons. The van der Waals surface area contributed by atoms with Gasteiger partial charge in [-0.1, -0.05) is 12.1 Å². The Bertz CT molecular complexity index is 1040. The van der Waals surface area contributed by atoms with Crippen LogP contribution in [0.5, 0.6) is 5.75 Å². The number of amides is 1. The lowest BCUT2D eigenvalue weighted by Gasteiger charge is -2.02. The minimum absolute atomic E-state index is 0.00376. The number of primary amides is 1. The number of benzene rings is 1. The molecule has 0 spiro atoms. The number of aromatic nitrogens is 1. The molecule has 8 nitrogen and oxygen atoms in total. The van der Waals surface area contributed by atoms with E-state index < -0.39 is 16.4 Å². The smallest absolute Gasteiger partial charge is 0.269 e. The van der Waals surface area contributed by atoms with Gasteiger partial charge in [0.25, 0.3) is 17.2 Å². The number of pyridine rings is 1. The monoisotopic (exact) mass is 377 g/mol. The van der Waals surface area contributed by atoms with Gasteiger partial charge in [-0.3, -0.25) is 19.7 Å². The molecule has 2 heterocycles. The third-order valence-electron chi connectivity index (χ3n) is 3.39. The molecule has 1 aromatic carbocycles. The minimum atomic E-state index is -0.710. The summed E-state index contributed by atoms with van der Waals surface area (Å²) in [6.45, 7) is 0.